The number of hydrogen-bond acceptors (Lipinski definition) is 0. The molecule has 0 heterocycles. The van der Waals surface area contributed by atoms with Crippen molar-refractivity contribution in [1.29, 1.82) is 0 Å². The molecule has 0 fully saturated rings. The molecule has 0 bridgehead atoms. The van der Waals surface area contributed by atoms with E-state index in [0.717, 1.165) is 0 Å². The van der Waals surface area contributed by atoms with Crippen molar-refractivity contribution in [1.82, 2.24) is 0 Å². The Bertz CT molecular complexity index is 218. The quantitative estimate of drug-likeness (QED) is 0.517. The zero-order valence-electron chi connectivity index (χ0n) is 9.04. The fourth-order valence-electron chi connectivity index (χ4n) is 1.41. The van der Waals surface area contributed by atoms with Gasteiger partial charge in [0.2, 0.25) is 0 Å². The van der Waals surface area contributed by atoms with Gasteiger partial charge in [-0.1, -0.05) is 0 Å². The van der Waals surface area contributed by atoms with Gasteiger partial charge in [0.15, 0.2) is 0 Å². The summed E-state index contributed by atoms with van der Waals surface area (Å²) in [5, 5.41) is 1.42. The van der Waals surface area contributed by atoms with Gasteiger partial charge in [-0.2, -0.15) is 0 Å². The van der Waals surface area contributed by atoms with Crippen molar-refractivity contribution in [3.05, 3.63) is 30.3 Å². The first-order valence-corrected chi connectivity index (χ1v) is 7.68. The molecule has 0 nitrogen and oxygen atoms in total. The van der Waals surface area contributed by atoms with Crippen LogP contribution in [0.3, 0.4) is 0 Å². The van der Waals surface area contributed by atoms with Gasteiger partial charge in [-0.3, -0.25) is 0 Å². The van der Waals surface area contributed by atoms with E-state index in [1.807, 2.05) is 0 Å². The van der Waals surface area contributed by atoms with Crippen LogP contribution in [0.15, 0.2) is 30.3 Å². The van der Waals surface area contributed by atoms with Crippen molar-refractivity contribution in [3.63, 3.8) is 0 Å². The fraction of sp³-hybridized carbons (Fsp3) is 0.538. The summed E-state index contributed by atoms with van der Waals surface area (Å²) in [7, 11) is 0. The van der Waals surface area contributed by atoms with Crippen LogP contribution in [0.1, 0.15) is 39.0 Å². The van der Waals surface area contributed by atoms with Crippen LogP contribution >= 0.6 is 0 Å². The Labute approximate surface area is 94.3 Å². The van der Waals surface area contributed by atoms with E-state index >= 15 is 0 Å². The molecule has 14 heavy (non-hydrogen) atoms. The fourth-order valence-corrected chi connectivity index (χ4v) is 3.37. The number of rotatable bonds is 7. The molecule has 1 aromatic rings. The minimum atomic E-state index is 0.716. The molecule has 0 amide bonds. The van der Waals surface area contributed by atoms with E-state index in [1.165, 1.54) is 37.4 Å². The predicted molar refractivity (Wildman–Crippen MR) is 65.4 cm³/mol. The first-order valence-electron chi connectivity index (χ1n) is 5.61. The molecule has 1 rings (SSSR count). The van der Waals surface area contributed by atoms with E-state index in [0.29, 0.717) is 15.0 Å². The Kier molecular flexibility index (Phi) is 6.82. The molecular formula is C13H20Se. The summed E-state index contributed by atoms with van der Waals surface area (Å²) in [6.45, 7) is 2.27. The molecule has 0 saturated heterocycles. The summed E-state index contributed by atoms with van der Waals surface area (Å²) in [5.74, 6) is 0. The van der Waals surface area contributed by atoms with Crippen LogP contribution in [0.2, 0.25) is 5.32 Å². The normalized spacial score (nSPS) is 10.4. The molecule has 0 N–H and O–H groups in total. The van der Waals surface area contributed by atoms with Gasteiger partial charge in [0.1, 0.15) is 0 Å². The van der Waals surface area contributed by atoms with Gasteiger partial charge in [-0.25, -0.2) is 0 Å². The zero-order chi connectivity index (χ0) is 10.1. The summed E-state index contributed by atoms with van der Waals surface area (Å²) < 4.78 is 1.55. The van der Waals surface area contributed by atoms with Gasteiger partial charge in [-0.15, -0.1) is 0 Å². The summed E-state index contributed by atoms with van der Waals surface area (Å²) in [6.07, 6.45) is 7.06. The molecule has 0 saturated carbocycles. The average Bonchev–Trinajstić information content (AvgIpc) is 2.25. The van der Waals surface area contributed by atoms with Gasteiger partial charge in [0, 0.05) is 0 Å². The second-order valence-electron chi connectivity index (χ2n) is 3.58. The van der Waals surface area contributed by atoms with Gasteiger partial charge in [0.25, 0.3) is 0 Å². The molecule has 0 radical (unpaired) electrons. The topological polar surface area (TPSA) is 0 Å². The van der Waals surface area contributed by atoms with Crippen LogP contribution in [0, 0.1) is 0 Å². The molecular weight excluding hydrogens is 235 g/mol. The standard InChI is InChI=1S/C13H20Se/c1-2-3-4-5-9-12-14-13-10-7-6-8-11-13/h6-8,10-11H,2-5,9,12H2,1H3. The molecule has 1 aromatic carbocycles. The van der Waals surface area contributed by atoms with Crippen LogP contribution in [0.4, 0.5) is 0 Å². The van der Waals surface area contributed by atoms with Gasteiger partial charge in [0.05, 0.1) is 0 Å². The number of hydrogen-bond donors (Lipinski definition) is 0. The zero-order valence-corrected chi connectivity index (χ0v) is 10.8. The third-order valence-corrected chi connectivity index (χ3v) is 4.56. The van der Waals surface area contributed by atoms with Crippen LogP contribution in [-0.4, -0.2) is 15.0 Å². The molecule has 0 atom stereocenters. The van der Waals surface area contributed by atoms with Crippen molar-refractivity contribution >= 4 is 19.4 Å². The van der Waals surface area contributed by atoms with E-state index in [-0.39, 0.29) is 0 Å². The number of unbranched alkanes of at least 4 members (excludes halogenated alkanes) is 4. The molecule has 0 aliphatic carbocycles. The maximum atomic E-state index is 2.27. The van der Waals surface area contributed by atoms with Crippen LogP contribution in [0.25, 0.3) is 0 Å². The molecule has 0 aromatic heterocycles. The SMILES string of the molecule is CCCCCCC[Se]c1ccccc1. The minimum absolute atomic E-state index is 0.716. The first-order chi connectivity index (χ1) is 6.93. The van der Waals surface area contributed by atoms with Gasteiger partial charge >= 0.3 is 94.1 Å². The summed E-state index contributed by atoms with van der Waals surface area (Å²) in [4.78, 5) is 0. The van der Waals surface area contributed by atoms with Crippen LogP contribution < -0.4 is 4.46 Å². The first kappa shape index (κ1) is 11.8. The van der Waals surface area contributed by atoms with Crippen molar-refractivity contribution in [2.45, 2.75) is 44.3 Å². The summed E-state index contributed by atoms with van der Waals surface area (Å²) in [5.41, 5.74) is 0. The maximum absolute atomic E-state index is 2.27. The van der Waals surface area contributed by atoms with E-state index in [1.54, 1.807) is 4.46 Å². The Hall–Kier alpha value is -0.261. The van der Waals surface area contributed by atoms with Gasteiger partial charge in [-0.05, 0) is 0 Å². The predicted octanol–water partition coefficient (Wildman–Crippen LogP) is 3.40. The molecule has 0 aliphatic heterocycles. The second-order valence-corrected chi connectivity index (χ2v) is 6.03. The summed E-state index contributed by atoms with van der Waals surface area (Å²) >= 11 is 0.716. The van der Waals surface area contributed by atoms with Crippen LogP contribution in [0.5, 0.6) is 0 Å². The van der Waals surface area contributed by atoms with E-state index in [9.17, 15) is 0 Å². The molecule has 1 heteroatoms. The Morgan fingerprint density at radius 3 is 2.36 bits per heavy atom. The van der Waals surface area contributed by atoms with Crippen molar-refractivity contribution in [2.75, 3.05) is 0 Å². The van der Waals surface area contributed by atoms with E-state index in [2.05, 4.69) is 37.3 Å². The number of benzene rings is 1. The third-order valence-electron chi connectivity index (χ3n) is 2.26. The Morgan fingerprint density at radius 2 is 1.64 bits per heavy atom. The van der Waals surface area contributed by atoms with E-state index < -0.39 is 0 Å². The summed E-state index contributed by atoms with van der Waals surface area (Å²) in [6, 6.07) is 10.9. The van der Waals surface area contributed by atoms with Crippen molar-refractivity contribution in [2.24, 2.45) is 0 Å². The third kappa shape index (κ3) is 5.47. The molecule has 0 aliphatic rings. The molecule has 0 unspecified atom stereocenters. The molecule has 0 spiro atoms. The van der Waals surface area contributed by atoms with Crippen molar-refractivity contribution in [3.8, 4) is 0 Å². The van der Waals surface area contributed by atoms with Crippen molar-refractivity contribution < 1.29 is 0 Å². The average molecular weight is 255 g/mol. The molecule has 78 valence electrons. The Balaban J connectivity index is 1.99. The monoisotopic (exact) mass is 256 g/mol. The van der Waals surface area contributed by atoms with E-state index in [4.69, 9.17) is 0 Å². The Morgan fingerprint density at radius 1 is 0.929 bits per heavy atom. The van der Waals surface area contributed by atoms with Crippen LogP contribution in [-0.2, 0) is 0 Å². The van der Waals surface area contributed by atoms with Gasteiger partial charge < -0.3 is 0 Å². The second kappa shape index (κ2) is 8.08.